The number of benzene rings is 2. The minimum absolute atomic E-state index is 0.0775. The van der Waals surface area contributed by atoms with Crippen LogP contribution in [-0.4, -0.2) is 34.7 Å². The van der Waals surface area contributed by atoms with Gasteiger partial charge in [0.1, 0.15) is 5.56 Å². The Balaban J connectivity index is 1.49. The van der Waals surface area contributed by atoms with Crippen LogP contribution in [0.5, 0.6) is 0 Å². The van der Waals surface area contributed by atoms with Gasteiger partial charge < -0.3 is 9.88 Å². The van der Waals surface area contributed by atoms with E-state index in [0.717, 1.165) is 0 Å². The Bertz CT molecular complexity index is 1050. The van der Waals surface area contributed by atoms with Gasteiger partial charge in [0.15, 0.2) is 5.78 Å². The van der Waals surface area contributed by atoms with Crippen molar-refractivity contribution in [3.05, 3.63) is 82.1 Å². The van der Waals surface area contributed by atoms with Gasteiger partial charge in [-0.3, -0.25) is 14.4 Å². The molecule has 0 saturated carbocycles. The van der Waals surface area contributed by atoms with E-state index >= 15 is 0 Å². The zero-order valence-corrected chi connectivity index (χ0v) is 14.9. The second kappa shape index (κ2) is 7.19. The van der Waals surface area contributed by atoms with Crippen LogP contribution in [-0.2, 0) is 0 Å². The summed E-state index contributed by atoms with van der Waals surface area (Å²) < 4.78 is 0. The number of carbonyl (C=O) groups excluding carboxylic acids is 2. The Morgan fingerprint density at radius 2 is 1.59 bits per heavy atom. The van der Waals surface area contributed by atoms with Gasteiger partial charge in [-0.1, -0.05) is 42.5 Å². The average Bonchev–Trinajstić information content (AvgIpc) is 2.74. The van der Waals surface area contributed by atoms with Gasteiger partial charge in [-0.25, -0.2) is 0 Å². The first-order chi connectivity index (χ1) is 13.1. The van der Waals surface area contributed by atoms with Gasteiger partial charge >= 0.3 is 0 Å². The number of aromatic amines is 1. The van der Waals surface area contributed by atoms with E-state index in [0.29, 0.717) is 42.4 Å². The van der Waals surface area contributed by atoms with E-state index < -0.39 is 0 Å². The molecule has 0 atom stereocenters. The summed E-state index contributed by atoms with van der Waals surface area (Å²) in [4.78, 5) is 42.8. The molecule has 1 amide bonds. The number of nitrogens with zero attached hydrogens (tertiary/aromatic N) is 1. The van der Waals surface area contributed by atoms with E-state index in [-0.39, 0.29) is 28.6 Å². The van der Waals surface area contributed by atoms with Crippen molar-refractivity contribution in [2.45, 2.75) is 12.8 Å². The molecule has 4 rings (SSSR count). The molecule has 3 aromatic rings. The van der Waals surface area contributed by atoms with Gasteiger partial charge in [0.25, 0.3) is 5.91 Å². The molecule has 2 aromatic carbocycles. The molecule has 0 unspecified atom stereocenters. The molecule has 1 saturated heterocycles. The molecule has 1 aromatic heterocycles. The number of likely N-dealkylation sites (tertiary alicyclic amines) is 1. The summed E-state index contributed by atoms with van der Waals surface area (Å²) in [5.41, 5.74) is 1.33. The molecule has 5 nitrogen and oxygen atoms in total. The smallest absolute Gasteiger partial charge is 0.259 e. The first-order valence-corrected chi connectivity index (χ1v) is 9.14. The van der Waals surface area contributed by atoms with Crippen LogP contribution in [0, 0.1) is 5.92 Å². The molecular weight excluding hydrogens is 340 g/mol. The number of H-pyrrole nitrogens is 1. The molecule has 0 radical (unpaired) electrons. The molecule has 1 fully saturated rings. The van der Waals surface area contributed by atoms with Gasteiger partial charge in [0.2, 0.25) is 5.43 Å². The summed E-state index contributed by atoms with van der Waals surface area (Å²) in [6.07, 6.45) is 2.73. The number of hydrogen-bond donors (Lipinski definition) is 1. The van der Waals surface area contributed by atoms with Crippen molar-refractivity contribution >= 4 is 22.6 Å². The van der Waals surface area contributed by atoms with Crippen molar-refractivity contribution in [2.75, 3.05) is 13.1 Å². The first kappa shape index (κ1) is 17.2. The molecule has 27 heavy (non-hydrogen) atoms. The van der Waals surface area contributed by atoms with Crippen LogP contribution in [0.3, 0.4) is 0 Å². The SMILES string of the molecule is O=C(c1ccccc1)C1CCN(C(=O)c2c[nH]c3ccccc3c2=O)CC1. The summed E-state index contributed by atoms with van der Waals surface area (Å²) in [5, 5.41) is 0.512. The number of rotatable bonds is 3. The van der Waals surface area contributed by atoms with Crippen LogP contribution >= 0.6 is 0 Å². The summed E-state index contributed by atoms with van der Waals surface area (Å²) in [7, 11) is 0. The fourth-order valence-electron chi connectivity index (χ4n) is 3.68. The Kier molecular flexibility index (Phi) is 4.59. The Labute approximate surface area is 156 Å². The predicted molar refractivity (Wildman–Crippen MR) is 104 cm³/mol. The van der Waals surface area contributed by atoms with Crippen molar-refractivity contribution in [3.63, 3.8) is 0 Å². The number of nitrogens with one attached hydrogen (secondary N) is 1. The molecule has 0 aliphatic carbocycles. The number of ketones is 1. The molecule has 1 aliphatic heterocycles. The standard InChI is InChI=1S/C22H20N2O3/c25-20(15-6-2-1-3-7-15)16-10-12-24(13-11-16)22(27)18-14-23-19-9-5-4-8-17(19)21(18)26/h1-9,14,16H,10-13H2,(H,23,26). The van der Waals surface area contributed by atoms with E-state index in [2.05, 4.69) is 4.98 Å². The number of fused-ring (bicyclic) bond motifs is 1. The fraction of sp³-hybridized carbons (Fsp3) is 0.227. The van der Waals surface area contributed by atoms with E-state index in [1.807, 2.05) is 42.5 Å². The highest BCUT2D eigenvalue weighted by Gasteiger charge is 2.29. The van der Waals surface area contributed by atoms with Gasteiger partial charge in [0.05, 0.1) is 0 Å². The maximum atomic E-state index is 12.8. The zero-order valence-electron chi connectivity index (χ0n) is 14.9. The highest BCUT2D eigenvalue weighted by molar-refractivity contribution is 5.99. The Morgan fingerprint density at radius 3 is 2.33 bits per heavy atom. The minimum Gasteiger partial charge on any atom is -0.360 e. The van der Waals surface area contributed by atoms with Gasteiger partial charge in [-0.15, -0.1) is 0 Å². The second-order valence-electron chi connectivity index (χ2n) is 6.87. The second-order valence-corrected chi connectivity index (χ2v) is 6.87. The Morgan fingerprint density at radius 1 is 0.926 bits per heavy atom. The third-order valence-corrected chi connectivity index (χ3v) is 5.23. The van der Waals surface area contributed by atoms with Crippen LogP contribution in [0.1, 0.15) is 33.6 Å². The monoisotopic (exact) mass is 360 g/mol. The number of hydrogen-bond acceptors (Lipinski definition) is 3. The zero-order chi connectivity index (χ0) is 18.8. The first-order valence-electron chi connectivity index (χ1n) is 9.14. The number of piperidine rings is 1. The van der Waals surface area contributed by atoms with Crippen LogP contribution in [0.25, 0.3) is 10.9 Å². The highest BCUT2D eigenvalue weighted by atomic mass is 16.2. The molecule has 5 heteroatoms. The average molecular weight is 360 g/mol. The topological polar surface area (TPSA) is 70.2 Å². The molecule has 136 valence electrons. The maximum absolute atomic E-state index is 12.8. The lowest BCUT2D eigenvalue weighted by Gasteiger charge is -2.31. The number of aromatic nitrogens is 1. The number of carbonyl (C=O) groups is 2. The van der Waals surface area contributed by atoms with Crippen LogP contribution in [0.2, 0.25) is 0 Å². The molecule has 1 aliphatic rings. The number of para-hydroxylation sites is 1. The third-order valence-electron chi connectivity index (χ3n) is 5.23. The molecule has 0 spiro atoms. The Hall–Kier alpha value is -3.21. The number of Topliss-reactive ketones (excluding diaryl/α,β-unsaturated/α-hetero) is 1. The summed E-state index contributed by atoms with van der Waals surface area (Å²) >= 11 is 0. The van der Waals surface area contributed by atoms with Crippen molar-refractivity contribution in [3.8, 4) is 0 Å². The van der Waals surface area contributed by atoms with Gasteiger partial charge in [-0.2, -0.15) is 0 Å². The summed E-state index contributed by atoms with van der Waals surface area (Å²) in [6, 6.07) is 16.4. The van der Waals surface area contributed by atoms with Crippen LogP contribution in [0.15, 0.2) is 65.6 Å². The van der Waals surface area contributed by atoms with Crippen LogP contribution in [0.4, 0.5) is 0 Å². The normalized spacial score (nSPS) is 15.0. The molecule has 2 heterocycles. The quantitative estimate of drug-likeness (QED) is 0.729. The maximum Gasteiger partial charge on any atom is 0.259 e. The lowest BCUT2D eigenvalue weighted by molar-refractivity contribution is 0.0649. The lowest BCUT2D eigenvalue weighted by atomic mass is 9.88. The molecule has 1 N–H and O–H groups in total. The van der Waals surface area contributed by atoms with Crippen LogP contribution < -0.4 is 5.43 Å². The lowest BCUT2D eigenvalue weighted by Crippen LogP contribution is -2.41. The van der Waals surface area contributed by atoms with E-state index in [4.69, 9.17) is 0 Å². The number of amides is 1. The summed E-state index contributed by atoms with van der Waals surface area (Å²) in [6.45, 7) is 0.961. The third kappa shape index (κ3) is 3.28. The number of pyridine rings is 1. The minimum atomic E-state index is -0.271. The highest BCUT2D eigenvalue weighted by Crippen LogP contribution is 2.22. The fourth-order valence-corrected chi connectivity index (χ4v) is 3.68. The van der Waals surface area contributed by atoms with Crippen molar-refractivity contribution in [2.24, 2.45) is 5.92 Å². The van der Waals surface area contributed by atoms with E-state index in [9.17, 15) is 14.4 Å². The molecule has 0 bridgehead atoms. The van der Waals surface area contributed by atoms with E-state index in [1.165, 1.54) is 6.20 Å². The molecular formula is C22H20N2O3. The van der Waals surface area contributed by atoms with Crippen molar-refractivity contribution < 1.29 is 9.59 Å². The van der Waals surface area contributed by atoms with Crippen molar-refractivity contribution in [1.82, 2.24) is 9.88 Å². The van der Waals surface area contributed by atoms with E-state index in [1.54, 1.807) is 17.0 Å². The summed E-state index contributed by atoms with van der Waals surface area (Å²) in [5.74, 6) is -0.217. The van der Waals surface area contributed by atoms with Gasteiger partial charge in [0, 0.05) is 41.7 Å². The van der Waals surface area contributed by atoms with Crippen molar-refractivity contribution in [1.29, 1.82) is 0 Å². The van der Waals surface area contributed by atoms with Gasteiger partial charge in [-0.05, 0) is 25.0 Å². The largest absolute Gasteiger partial charge is 0.360 e. The predicted octanol–water partition coefficient (Wildman–Crippen LogP) is 3.26.